The molecule has 1 fully saturated rings. The summed E-state index contributed by atoms with van der Waals surface area (Å²) >= 11 is 8.08. The van der Waals surface area contributed by atoms with Crippen molar-refractivity contribution < 1.29 is 9.53 Å². The first kappa shape index (κ1) is 22.7. The Hall–Kier alpha value is -2.45. The van der Waals surface area contributed by atoms with E-state index in [1.165, 1.54) is 0 Å². The third-order valence-corrected chi connectivity index (χ3v) is 6.76. The maximum Gasteiger partial charge on any atom is 0.255 e. The van der Waals surface area contributed by atoms with E-state index in [0.717, 1.165) is 53.8 Å². The van der Waals surface area contributed by atoms with Crippen molar-refractivity contribution in [2.45, 2.75) is 13.5 Å². The zero-order valence-electron chi connectivity index (χ0n) is 18.5. The first-order chi connectivity index (χ1) is 15.4. The monoisotopic (exact) mass is 470 g/mol. The summed E-state index contributed by atoms with van der Waals surface area (Å²) < 4.78 is 5.41. The summed E-state index contributed by atoms with van der Waals surface area (Å²) in [6.07, 6.45) is 0. The van der Waals surface area contributed by atoms with E-state index in [1.54, 1.807) is 24.5 Å². The van der Waals surface area contributed by atoms with Crippen molar-refractivity contribution in [1.29, 1.82) is 0 Å². The van der Waals surface area contributed by atoms with Gasteiger partial charge in [-0.25, -0.2) is 4.98 Å². The number of likely N-dealkylation sites (N-methyl/N-ethyl adjacent to an activating group) is 1. The summed E-state index contributed by atoms with van der Waals surface area (Å²) in [5.74, 6) is 0.585. The maximum absolute atomic E-state index is 13.2. The average Bonchev–Trinajstić information content (AvgIpc) is 3.21. The molecule has 8 heteroatoms. The number of thiazole rings is 1. The van der Waals surface area contributed by atoms with Crippen LogP contribution >= 0.6 is 22.9 Å². The summed E-state index contributed by atoms with van der Waals surface area (Å²) in [7, 11) is 3.77. The van der Waals surface area contributed by atoms with Crippen molar-refractivity contribution in [2.24, 2.45) is 0 Å². The standard InChI is InChI=1S/C24H27ClN4O2S/c1-16-26-23(15-32-16)21-6-4-18(13-22(21)25)27-24(30)20-7-5-19(31-3)12-17(20)14-29-10-8-28(2)9-11-29/h4-7,12-13,15H,8-11,14H2,1-3H3,(H,27,30). The van der Waals surface area contributed by atoms with Crippen LogP contribution in [0.1, 0.15) is 20.9 Å². The van der Waals surface area contributed by atoms with E-state index in [0.29, 0.717) is 22.8 Å². The van der Waals surface area contributed by atoms with Crippen molar-refractivity contribution in [1.82, 2.24) is 14.8 Å². The molecular formula is C24H27ClN4O2S. The first-order valence-corrected chi connectivity index (χ1v) is 11.8. The largest absolute Gasteiger partial charge is 0.497 e. The molecular weight excluding hydrogens is 444 g/mol. The van der Waals surface area contributed by atoms with Crippen LogP contribution in [0.25, 0.3) is 11.3 Å². The van der Waals surface area contributed by atoms with Crippen molar-refractivity contribution in [3.8, 4) is 17.0 Å². The van der Waals surface area contributed by atoms with Gasteiger partial charge in [0.25, 0.3) is 5.91 Å². The Kier molecular flexibility index (Phi) is 7.10. The fourth-order valence-corrected chi connectivity index (χ4v) is 4.67. The number of anilines is 1. The lowest BCUT2D eigenvalue weighted by Gasteiger charge is -2.32. The average molecular weight is 471 g/mol. The molecule has 2 aromatic carbocycles. The van der Waals surface area contributed by atoms with E-state index in [1.807, 2.05) is 42.6 Å². The molecule has 0 atom stereocenters. The number of rotatable bonds is 6. The van der Waals surface area contributed by atoms with Crippen LogP contribution in [-0.4, -0.2) is 61.0 Å². The second kappa shape index (κ2) is 10.0. The van der Waals surface area contributed by atoms with Crippen molar-refractivity contribution >= 4 is 34.5 Å². The van der Waals surface area contributed by atoms with Gasteiger partial charge in [-0.15, -0.1) is 11.3 Å². The van der Waals surface area contributed by atoms with Crippen molar-refractivity contribution in [3.05, 3.63) is 62.9 Å². The molecule has 1 saturated heterocycles. The molecule has 1 N–H and O–H groups in total. The number of amides is 1. The second-order valence-corrected chi connectivity index (χ2v) is 9.47. The summed E-state index contributed by atoms with van der Waals surface area (Å²) in [5, 5.41) is 6.52. The highest BCUT2D eigenvalue weighted by molar-refractivity contribution is 7.09. The topological polar surface area (TPSA) is 57.7 Å². The maximum atomic E-state index is 13.2. The number of piperazine rings is 1. The number of carbonyl (C=O) groups excluding carboxylic acids is 1. The van der Waals surface area contributed by atoms with Gasteiger partial charge in [0.2, 0.25) is 0 Å². The number of nitrogens with one attached hydrogen (secondary N) is 1. The third kappa shape index (κ3) is 5.30. The quantitative estimate of drug-likeness (QED) is 0.561. The highest BCUT2D eigenvalue weighted by Crippen LogP contribution is 2.31. The Morgan fingerprint density at radius 2 is 1.97 bits per heavy atom. The summed E-state index contributed by atoms with van der Waals surface area (Å²) in [5.41, 5.74) is 3.94. The number of hydrogen-bond donors (Lipinski definition) is 1. The van der Waals surface area contributed by atoms with Gasteiger partial charge in [0, 0.05) is 54.9 Å². The van der Waals surface area contributed by atoms with Crippen LogP contribution in [0, 0.1) is 6.92 Å². The minimum absolute atomic E-state index is 0.162. The molecule has 168 valence electrons. The van der Waals surface area contributed by atoms with Crippen LogP contribution in [-0.2, 0) is 6.54 Å². The van der Waals surface area contributed by atoms with Crippen LogP contribution in [0.2, 0.25) is 5.02 Å². The van der Waals surface area contributed by atoms with E-state index in [9.17, 15) is 4.79 Å². The number of ether oxygens (including phenoxy) is 1. The molecule has 0 saturated carbocycles. The van der Waals surface area contributed by atoms with Gasteiger partial charge < -0.3 is 15.0 Å². The molecule has 4 rings (SSSR count). The molecule has 1 aliphatic rings. The number of methoxy groups -OCH3 is 1. The Morgan fingerprint density at radius 1 is 1.19 bits per heavy atom. The van der Waals surface area contributed by atoms with Gasteiger partial charge >= 0.3 is 0 Å². The number of aryl methyl sites for hydroxylation is 1. The highest BCUT2D eigenvalue weighted by atomic mass is 35.5. The fourth-order valence-electron chi connectivity index (χ4n) is 3.78. The zero-order valence-corrected chi connectivity index (χ0v) is 20.1. The minimum Gasteiger partial charge on any atom is -0.497 e. The molecule has 2 heterocycles. The molecule has 3 aromatic rings. The van der Waals surface area contributed by atoms with Gasteiger partial charge in [-0.05, 0) is 55.9 Å². The molecule has 32 heavy (non-hydrogen) atoms. The lowest BCUT2D eigenvalue weighted by atomic mass is 10.0. The highest BCUT2D eigenvalue weighted by Gasteiger charge is 2.19. The molecule has 1 aliphatic heterocycles. The number of carbonyl (C=O) groups is 1. The van der Waals surface area contributed by atoms with Crippen LogP contribution in [0.5, 0.6) is 5.75 Å². The summed E-state index contributed by atoms with van der Waals surface area (Å²) in [4.78, 5) is 22.3. The zero-order chi connectivity index (χ0) is 22.7. The fraction of sp³-hybridized carbons (Fsp3) is 0.333. The molecule has 0 spiro atoms. The lowest BCUT2D eigenvalue weighted by Crippen LogP contribution is -2.44. The first-order valence-electron chi connectivity index (χ1n) is 10.5. The Morgan fingerprint density at radius 3 is 2.62 bits per heavy atom. The van der Waals surface area contributed by atoms with Crippen molar-refractivity contribution in [2.75, 3.05) is 45.7 Å². The molecule has 6 nitrogen and oxygen atoms in total. The molecule has 1 aromatic heterocycles. The molecule has 0 aliphatic carbocycles. The minimum atomic E-state index is -0.162. The molecule has 0 bridgehead atoms. The smallest absolute Gasteiger partial charge is 0.255 e. The van der Waals surface area contributed by atoms with Gasteiger partial charge in [0.05, 0.1) is 22.8 Å². The molecule has 0 radical (unpaired) electrons. The van der Waals surface area contributed by atoms with E-state index >= 15 is 0 Å². The van der Waals surface area contributed by atoms with Crippen LogP contribution in [0.4, 0.5) is 5.69 Å². The Bertz CT molecular complexity index is 1110. The van der Waals surface area contributed by atoms with Gasteiger partial charge in [-0.2, -0.15) is 0 Å². The van der Waals surface area contributed by atoms with E-state index in [-0.39, 0.29) is 5.91 Å². The number of halogens is 1. The van der Waals surface area contributed by atoms with Gasteiger partial charge in [0.1, 0.15) is 5.75 Å². The van der Waals surface area contributed by atoms with E-state index in [2.05, 4.69) is 27.1 Å². The predicted octanol–water partition coefficient (Wildman–Crippen LogP) is 4.78. The summed E-state index contributed by atoms with van der Waals surface area (Å²) in [6, 6.07) is 11.1. The predicted molar refractivity (Wildman–Crippen MR) is 131 cm³/mol. The third-order valence-electron chi connectivity index (χ3n) is 5.67. The van der Waals surface area contributed by atoms with Crippen LogP contribution < -0.4 is 10.1 Å². The van der Waals surface area contributed by atoms with Crippen molar-refractivity contribution in [3.63, 3.8) is 0 Å². The molecule has 0 unspecified atom stereocenters. The molecule has 1 amide bonds. The second-order valence-electron chi connectivity index (χ2n) is 8.00. The van der Waals surface area contributed by atoms with Gasteiger partial charge in [0.15, 0.2) is 0 Å². The van der Waals surface area contributed by atoms with E-state index in [4.69, 9.17) is 16.3 Å². The van der Waals surface area contributed by atoms with E-state index < -0.39 is 0 Å². The van der Waals surface area contributed by atoms with Gasteiger partial charge in [-0.3, -0.25) is 9.69 Å². The SMILES string of the molecule is COc1ccc(C(=O)Nc2ccc(-c3csc(C)n3)c(Cl)c2)c(CN2CCN(C)CC2)c1. The number of aromatic nitrogens is 1. The Balaban J connectivity index is 1.53. The lowest BCUT2D eigenvalue weighted by molar-refractivity contribution is 0.102. The Labute approximate surface area is 197 Å². The number of benzene rings is 2. The van der Waals surface area contributed by atoms with Crippen LogP contribution in [0.3, 0.4) is 0 Å². The number of nitrogens with zero attached hydrogens (tertiary/aromatic N) is 3. The van der Waals surface area contributed by atoms with Crippen LogP contribution in [0.15, 0.2) is 41.8 Å². The number of hydrogen-bond acceptors (Lipinski definition) is 6. The summed E-state index contributed by atoms with van der Waals surface area (Å²) in [6.45, 7) is 6.66. The van der Waals surface area contributed by atoms with Gasteiger partial charge in [-0.1, -0.05) is 11.6 Å². The normalized spacial score (nSPS) is 15.0.